The summed E-state index contributed by atoms with van der Waals surface area (Å²) >= 11 is 0. The third kappa shape index (κ3) is 3.17. The quantitative estimate of drug-likeness (QED) is 0.914. The summed E-state index contributed by atoms with van der Waals surface area (Å²) in [6, 6.07) is 6.21. The summed E-state index contributed by atoms with van der Waals surface area (Å²) in [4.78, 5) is 0. The number of ether oxygens (including phenoxy) is 1. The molecule has 0 amide bonds. The Balaban J connectivity index is 2.17. The Morgan fingerprint density at radius 1 is 1.40 bits per heavy atom. The lowest BCUT2D eigenvalue weighted by Crippen LogP contribution is -2.09. The lowest BCUT2D eigenvalue weighted by molar-refractivity contribution is 0.289. The van der Waals surface area contributed by atoms with Crippen LogP contribution in [0.5, 0.6) is 5.75 Å². The van der Waals surface area contributed by atoms with E-state index in [-0.39, 0.29) is 11.9 Å². The molecule has 0 bridgehead atoms. The lowest BCUT2D eigenvalue weighted by Gasteiger charge is -2.14. The van der Waals surface area contributed by atoms with Crippen LogP contribution >= 0.6 is 0 Å². The van der Waals surface area contributed by atoms with Crippen molar-refractivity contribution in [3.05, 3.63) is 47.0 Å². The Kier molecular flexibility index (Phi) is 4.39. The molecule has 0 fully saturated rings. The highest BCUT2D eigenvalue weighted by Crippen LogP contribution is 2.25. The van der Waals surface area contributed by atoms with Crippen LogP contribution in [0.15, 0.2) is 24.3 Å². The zero-order chi connectivity index (χ0) is 14.7. The molecule has 1 atom stereocenters. The average molecular weight is 277 g/mol. The highest BCUT2D eigenvalue weighted by atomic mass is 19.1. The molecular formula is C15H20FN3O. The molecule has 20 heavy (non-hydrogen) atoms. The fraction of sp³-hybridized carbons (Fsp3) is 0.400. The van der Waals surface area contributed by atoms with Crippen molar-refractivity contribution in [1.29, 1.82) is 0 Å². The molecule has 0 radical (unpaired) electrons. The van der Waals surface area contributed by atoms with Gasteiger partial charge in [0.2, 0.25) is 0 Å². The summed E-state index contributed by atoms with van der Waals surface area (Å²) in [6.07, 6.45) is 0.874. The summed E-state index contributed by atoms with van der Waals surface area (Å²) < 4.78 is 20.8. The molecule has 1 heterocycles. The lowest BCUT2D eigenvalue weighted by atomic mass is 10.1. The van der Waals surface area contributed by atoms with Gasteiger partial charge in [0.05, 0.1) is 11.4 Å². The van der Waals surface area contributed by atoms with E-state index in [1.807, 2.05) is 27.0 Å². The summed E-state index contributed by atoms with van der Waals surface area (Å²) in [5.74, 6) is 0.155. The first-order valence-corrected chi connectivity index (χ1v) is 6.71. The number of halogens is 1. The summed E-state index contributed by atoms with van der Waals surface area (Å²) in [5, 5.41) is 4.35. The molecule has 2 rings (SSSR count). The number of aromatic nitrogens is 2. The molecule has 0 aliphatic carbocycles. The maximum atomic E-state index is 13.3. The minimum atomic E-state index is -0.330. The number of aryl methyl sites for hydroxylation is 2. The summed E-state index contributed by atoms with van der Waals surface area (Å²) in [7, 11) is 1.87. The van der Waals surface area contributed by atoms with Gasteiger partial charge < -0.3 is 10.5 Å². The fourth-order valence-corrected chi connectivity index (χ4v) is 2.04. The number of rotatable bonds is 5. The topological polar surface area (TPSA) is 53.1 Å². The van der Waals surface area contributed by atoms with Crippen molar-refractivity contribution in [3.63, 3.8) is 0 Å². The van der Waals surface area contributed by atoms with Gasteiger partial charge in [-0.1, -0.05) is 13.0 Å². The van der Waals surface area contributed by atoms with Crippen molar-refractivity contribution in [1.82, 2.24) is 9.78 Å². The Morgan fingerprint density at radius 2 is 2.15 bits per heavy atom. The Labute approximate surface area is 118 Å². The van der Waals surface area contributed by atoms with E-state index >= 15 is 0 Å². The third-order valence-electron chi connectivity index (χ3n) is 3.23. The number of hydrogen-bond donors (Lipinski definition) is 1. The van der Waals surface area contributed by atoms with E-state index in [1.165, 1.54) is 12.1 Å². The zero-order valence-corrected chi connectivity index (χ0v) is 12.1. The molecule has 2 aromatic rings. The predicted molar refractivity (Wildman–Crippen MR) is 75.9 cm³/mol. The minimum Gasteiger partial charge on any atom is -0.487 e. The predicted octanol–water partition coefficient (Wildman–Crippen LogP) is 2.72. The second-order valence-electron chi connectivity index (χ2n) is 4.86. The van der Waals surface area contributed by atoms with Gasteiger partial charge in [-0.05, 0) is 25.5 Å². The van der Waals surface area contributed by atoms with Crippen LogP contribution in [0, 0.1) is 5.82 Å². The molecule has 0 unspecified atom stereocenters. The summed E-state index contributed by atoms with van der Waals surface area (Å²) in [5.41, 5.74) is 8.62. The molecule has 0 saturated carbocycles. The molecule has 108 valence electrons. The van der Waals surface area contributed by atoms with Crippen molar-refractivity contribution < 1.29 is 9.13 Å². The highest BCUT2D eigenvalue weighted by molar-refractivity contribution is 5.36. The van der Waals surface area contributed by atoms with Crippen LogP contribution in [-0.4, -0.2) is 9.78 Å². The normalized spacial score (nSPS) is 12.4. The summed E-state index contributed by atoms with van der Waals surface area (Å²) in [6.45, 7) is 4.24. The number of benzene rings is 1. The molecule has 1 aromatic carbocycles. The standard InChI is InChI=1S/C15H20FN3O/c1-4-12-8-13(19(3)18-12)9-20-15-7-11(16)5-6-14(15)10(2)17/h5-8,10H,4,9,17H2,1-3H3/t10-/m0/s1. The van der Waals surface area contributed by atoms with Crippen LogP contribution in [0.3, 0.4) is 0 Å². The van der Waals surface area contributed by atoms with Crippen molar-refractivity contribution in [3.8, 4) is 5.75 Å². The Hall–Kier alpha value is -1.88. The van der Waals surface area contributed by atoms with Crippen molar-refractivity contribution in [2.45, 2.75) is 32.9 Å². The smallest absolute Gasteiger partial charge is 0.130 e. The van der Waals surface area contributed by atoms with Gasteiger partial charge >= 0.3 is 0 Å². The van der Waals surface area contributed by atoms with Gasteiger partial charge in [-0.25, -0.2) is 4.39 Å². The zero-order valence-electron chi connectivity index (χ0n) is 12.1. The van der Waals surface area contributed by atoms with Crippen molar-refractivity contribution >= 4 is 0 Å². The maximum absolute atomic E-state index is 13.3. The second kappa shape index (κ2) is 6.05. The van der Waals surface area contributed by atoms with E-state index in [4.69, 9.17) is 10.5 Å². The number of nitrogens with zero attached hydrogens (tertiary/aromatic N) is 2. The maximum Gasteiger partial charge on any atom is 0.130 e. The molecule has 2 N–H and O–H groups in total. The van der Waals surface area contributed by atoms with E-state index in [1.54, 1.807) is 10.7 Å². The van der Waals surface area contributed by atoms with Crippen LogP contribution in [0.1, 0.15) is 36.8 Å². The number of hydrogen-bond acceptors (Lipinski definition) is 3. The van der Waals surface area contributed by atoms with E-state index < -0.39 is 0 Å². The molecule has 5 heteroatoms. The Morgan fingerprint density at radius 3 is 2.75 bits per heavy atom. The number of nitrogens with two attached hydrogens (primary N) is 1. The molecule has 1 aromatic heterocycles. The molecule has 4 nitrogen and oxygen atoms in total. The minimum absolute atomic E-state index is 0.205. The first-order valence-electron chi connectivity index (χ1n) is 6.71. The van der Waals surface area contributed by atoms with Crippen molar-refractivity contribution in [2.24, 2.45) is 12.8 Å². The van der Waals surface area contributed by atoms with Crippen LogP contribution < -0.4 is 10.5 Å². The molecule has 0 spiro atoms. The monoisotopic (exact) mass is 277 g/mol. The van der Waals surface area contributed by atoms with E-state index in [0.29, 0.717) is 12.4 Å². The van der Waals surface area contributed by atoms with E-state index in [2.05, 4.69) is 5.10 Å². The molecular weight excluding hydrogens is 257 g/mol. The molecule has 0 saturated heterocycles. The van der Waals surface area contributed by atoms with E-state index in [9.17, 15) is 4.39 Å². The second-order valence-corrected chi connectivity index (χ2v) is 4.86. The van der Waals surface area contributed by atoms with Gasteiger partial charge in [-0.2, -0.15) is 5.10 Å². The average Bonchev–Trinajstić information content (AvgIpc) is 2.76. The van der Waals surface area contributed by atoms with Gasteiger partial charge in [-0.3, -0.25) is 4.68 Å². The van der Waals surface area contributed by atoms with Crippen LogP contribution in [0.25, 0.3) is 0 Å². The van der Waals surface area contributed by atoms with Crippen LogP contribution in [0.4, 0.5) is 4.39 Å². The van der Waals surface area contributed by atoms with Gasteiger partial charge in [0.1, 0.15) is 18.2 Å². The van der Waals surface area contributed by atoms with Gasteiger partial charge in [-0.15, -0.1) is 0 Å². The van der Waals surface area contributed by atoms with Gasteiger partial charge in [0.15, 0.2) is 0 Å². The SMILES string of the molecule is CCc1cc(COc2cc(F)ccc2[C@H](C)N)n(C)n1. The first-order chi connectivity index (χ1) is 9.51. The van der Waals surface area contributed by atoms with Gasteiger partial charge in [0.25, 0.3) is 0 Å². The van der Waals surface area contributed by atoms with Crippen LogP contribution in [0.2, 0.25) is 0 Å². The third-order valence-corrected chi connectivity index (χ3v) is 3.23. The Bertz CT molecular complexity index is 593. The fourth-order valence-electron chi connectivity index (χ4n) is 2.04. The van der Waals surface area contributed by atoms with E-state index in [0.717, 1.165) is 23.4 Å². The van der Waals surface area contributed by atoms with Gasteiger partial charge in [0, 0.05) is 24.7 Å². The largest absolute Gasteiger partial charge is 0.487 e. The highest BCUT2D eigenvalue weighted by Gasteiger charge is 2.11. The van der Waals surface area contributed by atoms with Crippen molar-refractivity contribution in [2.75, 3.05) is 0 Å². The van der Waals surface area contributed by atoms with Crippen LogP contribution in [-0.2, 0) is 20.1 Å². The first kappa shape index (κ1) is 14.5. The molecule has 0 aliphatic rings. The molecule has 0 aliphatic heterocycles.